The highest BCUT2D eigenvalue weighted by molar-refractivity contribution is 5.78. The summed E-state index contributed by atoms with van der Waals surface area (Å²) in [7, 11) is 0.804. The van der Waals surface area contributed by atoms with E-state index in [1.807, 2.05) is 0 Å². The molecule has 0 radical (unpaired) electrons. The van der Waals surface area contributed by atoms with Crippen LogP contribution < -0.4 is 14.2 Å². The van der Waals surface area contributed by atoms with Gasteiger partial charge >= 0.3 is 11.9 Å². The maximum Gasteiger partial charge on any atom is 0.313 e. The van der Waals surface area contributed by atoms with Crippen LogP contribution in [0.3, 0.4) is 0 Å². The molecule has 0 fully saturated rings. The van der Waals surface area contributed by atoms with Crippen LogP contribution in [0.4, 0.5) is 57.1 Å². The summed E-state index contributed by atoms with van der Waals surface area (Å²) >= 11 is 0. The second kappa shape index (κ2) is 26.3. The molecule has 0 aromatic heterocycles. The number of benzene rings is 3. The van der Waals surface area contributed by atoms with Crippen molar-refractivity contribution in [2.45, 2.75) is 65.2 Å². The second-order valence-electron chi connectivity index (χ2n) is 13.7. The molecule has 0 bridgehead atoms. The lowest BCUT2D eigenvalue weighted by Crippen LogP contribution is -2.38. The predicted octanol–water partition coefficient (Wildman–Crippen LogP) is 8.88. The summed E-state index contributed by atoms with van der Waals surface area (Å²) in [5.41, 5.74) is -2.97. The van der Waals surface area contributed by atoms with Gasteiger partial charge in [-0.05, 0) is 26.7 Å². The van der Waals surface area contributed by atoms with Crippen LogP contribution in [-0.2, 0) is 33.4 Å². The topological polar surface area (TPSA) is 124 Å². The van der Waals surface area contributed by atoms with Crippen molar-refractivity contribution in [2.75, 3.05) is 46.8 Å². The van der Waals surface area contributed by atoms with E-state index in [4.69, 9.17) is 20.6 Å². The lowest BCUT2D eigenvalue weighted by molar-refractivity contribution is -0.137. The Labute approximate surface area is 362 Å². The number of hydrogen-bond donors (Lipinski definition) is 0. The third kappa shape index (κ3) is 15.2. The van der Waals surface area contributed by atoms with E-state index in [1.54, 1.807) is 0 Å². The molecule has 0 aliphatic rings. The molecule has 0 spiro atoms. The van der Waals surface area contributed by atoms with Crippen molar-refractivity contribution in [3.63, 3.8) is 0 Å². The Morgan fingerprint density at radius 1 is 0.538 bits per heavy atom. The van der Waals surface area contributed by atoms with Crippen LogP contribution in [0, 0.1) is 107 Å². The zero-order valence-corrected chi connectivity index (χ0v) is 34.6. The summed E-state index contributed by atoms with van der Waals surface area (Å²) < 4.78 is 204. The van der Waals surface area contributed by atoms with Crippen LogP contribution >= 0.6 is 0 Å². The molecule has 0 amide bonds. The summed E-state index contributed by atoms with van der Waals surface area (Å²) in [6, 6.07) is 0. The first-order valence-electron chi connectivity index (χ1n) is 18.8. The standard InChI is InChI=1S/C35H36F8O9.C7H3F5O/c1-4-5-8-22(45)9-6-12-35(17-48-14-7-13-44,18-49-15-10-23(46)51-33-27(38)20(2)25(36)29(40)31(33)42)19-50-16-11-24(47)52-34-28(39)21(3)26(37)30(41)32(34)43;1-13-7-5(11)3(9)2(8)4(10)6(7)12/h1,13H,5-12,14-19H2,2-3H3;1H3. The van der Waals surface area contributed by atoms with Gasteiger partial charge in [-0.3, -0.25) is 14.4 Å². The van der Waals surface area contributed by atoms with Crippen LogP contribution in [0.5, 0.6) is 17.2 Å². The SMILES string of the molecule is C#CCCC(=O)CCCC(COCCC=O)(COCCC(=O)Oc1c(F)c(C)c(F)c(F)c1F)COCCC(=O)Oc1c(F)c(C)c(F)c(F)c1F.COc1c(F)c(F)c(F)c(F)c1F. The first kappa shape index (κ1) is 55.4. The molecule has 0 saturated carbocycles. The van der Waals surface area contributed by atoms with Gasteiger partial charge in [0.2, 0.25) is 52.2 Å². The molecule has 65 heavy (non-hydrogen) atoms. The van der Waals surface area contributed by atoms with E-state index < -0.39 is 147 Å². The van der Waals surface area contributed by atoms with E-state index >= 15 is 0 Å². The summed E-state index contributed by atoms with van der Waals surface area (Å²) in [6.45, 7) is -0.0255. The van der Waals surface area contributed by atoms with Gasteiger partial charge in [-0.25, -0.2) is 39.5 Å². The van der Waals surface area contributed by atoms with E-state index in [1.165, 1.54) is 0 Å². The van der Waals surface area contributed by atoms with Crippen LogP contribution in [0.1, 0.15) is 62.5 Å². The third-order valence-electron chi connectivity index (χ3n) is 8.91. The number of halogens is 13. The van der Waals surface area contributed by atoms with E-state index in [0.717, 1.165) is 21.0 Å². The Hall–Kier alpha value is -5.73. The number of ketones is 1. The molecule has 0 atom stereocenters. The number of carbonyl (C=O) groups is 4. The monoisotopic (exact) mass is 950 g/mol. The molecule has 0 unspecified atom stereocenters. The van der Waals surface area contributed by atoms with Crippen molar-refractivity contribution in [1.29, 1.82) is 0 Å². The molecule has 3 aromatic rings. The summed E-state index contributed by atoms with van der Waals surface area (Å²) in [5, 5.41) is 0. The van der Waals surface area contributed by atoms with Gasteiger partial charge in [-0.2, -0.15) is 17.6 Å². The smallest absolute Gasteiger partial charge is 0.313 e. The molecule has 0 saturated heterocycles. The fourth-order valence-corrected chi connectivity index (χ4v) is 5.37. The molecule has 358 valence electrons. The van der Waals surface area contributed by atoms with Crippen LogP contribution in [-0.4, -0.2) is 70.8 Å². The minimum Gasteiger partial charge on any atom is -0.491 e. The number of ether oxygens (including phenoxy) is 6. The number of carbonyl (C=O) groups excluding carboxylic acids is 4. The Bertz CT molecular complexity index is 2050. The molecule has 0 N–H and O–H groups in total. The van der Waals surface area contributed by atoms with Crippen LogP contribution in [0.2, 0.25) is 0 Å². The largest absolute Gasteiger partial charge is 0.491 e. The fraction of sp³-hybridized carbons (Fsp3) is 0.429. The number of Topliss-reactive ketones (excluding diaryl/α,β-unsaturated/α-hetero) is 1. The molecule has 0 aliphatic carbocycles. The summed E-state index contributed by atoms with van der Waals surface area (Å²) in [5.74, 6) is -29.7. The number of aldehydes is 1. The Kier molecular flexibility index (Phi) is 22.4. The van der Waals surface area contributed by atoms with E-state index in [2.05, 4.69) is 20.1 Å². The van der Waals surface area contributed by atoms with Crippen molar-refractivity contribution in [3.8, 4) is 29.6 Å². The van der Waals surface area contributed by atoms with Gasteiger partial charge in [0.05, 0.1) is 59.6 Å². The van der Waals surface area contributed by atoms with E-state index in [-0.39, 0.29) is 70.7 Å². The molecule has 3 rings (SSSR count). The lowest BCUT2D eigenvalue weighted by Gasteiger charge is -2.33. The highest BCUT2D eigenvalue weighted by atomic mass is 19.2. The minimum atomic E-state index is -2.20. The maximum atomic E-state index is 14.3. The summed E-state index contributed by atoms with van der Waals surface area (Å²) in [6.07, 6.45) is 5.34. The molecule has 3 aromatic carbocycles. The molecular formula is C42H39F13O10. The number of terminal acetylenes is 1. The average Bonchev–Trinajstić information content (AvgIpc) is 3.29. The average molecular weight is 951 g/mol. The quantitative estimate of drug-likeness (QED) is 0.0126. The molecule has 10 nitrogen and oxygen atoms in total. The highest BCUT2D eigenvalue weighted by Crippen LogP contribution is 2.33. The van der Waals surface area contributed by atoms with Crippen LogP contribution in [0.15, 0.2) is 0 Å². The van der Waals surface area contributed by atoms with Gasteiger partial charge in [0, 0.05) is 42.2 Å². The van der Waals surface area contributed by atoms with Gasteiger partial charge in [0.25, 0.3) is 0 Å². The van der Waals surface area contributed by atoms with Crippen molar-refractivity contribution < 1.29 is 105 Å². The number of methoxy groups -OCH3 is 1. The second-order valence-corrected chi connectivity index (χ2v) is 13.7. The predicted molar refractivity (Wildman–Crippen MR) is 198 cm³/mol. The molecular weight excluding hydrogens is 911 g/mol. The fourth-order valence-electron chi connectivity index (χ4n) is 5.37. The van der Waals surface area contributed by atoms with Gasteiger partial charge in [-0.1, -0.05) is 0 Å². The van der Waals surface area contributed by atoms with Crippen LogP contribution in [0.25, 0.3) is 0 Å². The Morgan fingerprint density at radius 3 is 1.32 bits per heavy atom. The zero-order chi connectivity index (χ0) is 49.2. The lowest BCUT2D eigenvalue weighted by atomic mass is 9.84. The first-order valence-corrected chi connectivity index (χ1v) is 18.8. The molecule has 0 heterocycles. The summed E-state index contributed by atoms with van der Waals surface area (Å²) in [4.78, 5) is 47.7. The van der Waals surface area contributed by atoms with Crippen molar-refractivity contribution in [1.82, 2.24) is 0 Å². The minimum absolute atomic E-state index is 0.00714. The number of rotatable bonds is 24. The van der Waals surface area contributed by atoms with E-state index in [0.29, 0.717) is 6.29 Å². The normalized spacial score (nSPS) is 11.1. The van der Waals surface area contributed by atoms with E-state index in [9.17, 15) is 76.3 Å². The first-order chi connectivity index (χ1) is 30.6. The van der Waals surface area contributed by atoms with Crippen molar-refractivity contribution >= 4 is 24.0 Å². The Balaban J connectivity index is 0.000000952. The van der Waals surface area contributed by atoms with Gasteiger partial charge in [-0.15, -0.1) is 12.3 Å². The molecule has 23 heteroatoms. The van der Waals surface area contributed by atoms with Crippen molar-refractivity contribution in [2.24, 2.45) is 5.41 Å². The number of esters is 2. The third-order valence-corrected chi connectivity index (χ3v) is 8.91. The van der Waals surface area contributed by atoms with Gasteiger partial charge < -0.3 is 33.2 Å². The van der Waals surface area contributed by atoms with Gasteiger partial charge in [0.1, 0.15) is 12.1 Å². The van der Waals surface area contributed by atoms with Gasteiger partial charge in [0.15, 0.2) is 40.7 Å². The maximum absolute atomic E-state index is 14.3. The molecule has 0 aliphatic heterocycles. The Morgan fingerprint density at radius 2 is 0.923 bits per heavy atom. The highest BCUT2D eigenvalue weighted by Gasteiger charge is 2.33. The zero-order valence-electron chi connectivity index (χ0n) is 34.6. The number of hydrogen-bond acceptors (Lipinski definition) is 10. The van der Waals surface area contributed by atoms with Crippen molar-refractivity contribution in [3.05, 3.63) is 86.8 Å².